The third-order valence-electron chi connectivity index (χ3n) is 8.16. The van der Waals surface area contributed by atoms with Gasteiger partial charge in [-0.2, -0.15) is 0 Å². The van der Waals surface area contributed by atoms with Gasteiger partial charge in [0, 0.05) is 51.1 Å². The zero-order valence-corrected chi connectivity index (χ0v) is 25.0. The first-order chi connectivity index (χ1) is 20.6. The quantitative estimate of drug-likeness (QED) is 0.405. The standard InChI is InChI=1S/C32H40N4O7/c1-32(2)30(39)35(14-7-15-42-3)26-18-25(12-13-27(26)43-32)36(24-10-11-24)29(38)22-17-23(20-34(19-22)31(40)41)33-28(37)16-21-8-5-4-6-9-21/h4-6,8-9,12-13,18,22-24H,7,10-11,14-17,19-20H2,1-3H3,(H,33,37)(H,40,41)/t22-,23+/m1/s1. The monoisotopic (exact) mass is 592 g/mol. The van der Waals surface area contributed by atoms with Crippen LogP contribution in [0.25, 0.3) is 0 Å². The summed E-state index contributed by atoms with van der Waals surface area (Å²) in [5.41, 5.74) is 1.05. The number of carbonyl (C=O) groups is 4. The Morgan fingerprint density at radius 3 is 2.53 bits per heavy atom. The number of carboxylic acid groups (broad SMARTS) is 1. The van der Waals surface area contributed by atoms with E-state index in [0.29, 0.717) is 43.1 Å². The van der Waals surface area contributed by atoms with Gasteiger partial charge in [-0.1, -0.05) is 30.3 Å². The number of carbonyl (C=O) groups excluding carboxylic acids is 3. The molecule has 4 amide bonds. The second-order valence-corrected chi connectivity index (χ2v) is 12.1. The van der Waals surface area contributed by atoms with Gasteiger partial charge in [-0.25, -0.2) is 4.79 Å². The predicted molar refractivity (Wildman–Crippen MR) is 160 cm³/mol. The smallest absolute Gasteiger partial charge is 0.407 e. The minimum absolute atomic E-state index is 0.0181. The van der Waals surface area contributed by atoms with Crippen molar-refractivity contribution in [3.8, 4) is 5.75 Å². The number of methoxy groups -OCH3 is 1. The van der Waals surface area contributed by atoms with Crippen LogP contribution in [0.5, 0.6) is 5.75 Å². The first-order valence-electron chi connectivity index (χ1n) is 14.9. The lowest BCUT2D eigenvalue weighted by Gasteiger charge is -2.40. The lowest BCUT2D eigenvalue weighted by Crippen LogP contribution is -2.56. The Balaban J connectivity index is 1.37. The van der Waals surface area contributed by atoms with Crippen molar-refractivity contribution < 1.29 is 33.8 Å². The molecule has 11 nitrogen and oxygen atoms in total. The van der Waals surface area contributed by atoms with Gasteiger partial charge in [-0.15, -0.1) is 0 Å². The number of fused-ring (bicyclic) bond motifs is 1. The number of hydrogen-bond acceptors (Lipinski definition) is 6. The fourth-order valence-electron chi connectivity index (χ4n) is 5.94. The highest BCUT2D eigenvalue weighted by atomic mass is 16.5. The molecule has 43 heavy (non-hydrogen) atoms. The van der Waals surface area contributed by atoms with Crippen LogP contribution in [0.4, 0.5) is 16.2 Å². The van der Waals surface area contributed by atoms with E-state index in [2.05, 4.69) is 5.32 Å². The average molecular weight is 593 g/mol. The summed E-state index contributed by atoms with van der Waals surface area (Å²) < 4.78 is 11.3. The molecular formula is C32H40N4O7. The third kappa shape index (κ3) is 6.93. The van der Waals surface area contributed by atoms with Crippen molar-refractivity contribution in [2.75, 3.05) is 43.2 Å². The maximum Gasteiger partial charge on any atom is 0.407 e. The number of piperidine rings is 1. The third-order valence-corrected chi connectivity index (χ3v) is 8.16. The Morgan fingerprint density at radius 2 is 1.86 bits per heavy atom. The lowest BCUT2D eigenvalue weighted by atomic mass is 9.92. The molecular weight excluding hydrogens is 552 g/mol. The summed E-state index contributed by atoms with van der Waals surface area (Å²) in [5.74, 6) is -0.659. The van der Waals surface area contributed by atoms with Crippen molar-refractivity contribution in [2.24, 2.45) is 5.92 Å². The molecule has 2 heterocycles. The van der Waals surface area contributed by atoms with Gasteiger partial charge < -0.3 is 34.6 Å². The molecule has 2 aromatic rings. The molecule has 0 unspecified atom stereocenters. The molecule has 1 saturated heterocycles. The number of rotatable bonds is 10. The fourth-order valence-corrected chi connectivity index (χ4v) is 5.94. The summed E-state index contributed by atoms with van der Waals surface area (Å²) in [6.07, 6.45) is 1.67. The topological polar surface area (TPSA) is 129 Å². The zero-order chi connectivity index (χ0) is 30.7. The number of anilines is 2. The summed E-state index contributed by atoms with van der Waals surface area (Å²) in [7, 11) is 1.62. The predicted octanol–water partition coefficient (Wildman–Crippen LogP) is 3.45. The van der Waals surface area contributed by atoms with Crippen molar-refractivity contribution in [3.63, 3.8) is 0 Å². The van der Waals surface area contributed by atoms with Gasteiger partial charge in [-0.05, 0) is 63.3 Å². The Kier molecular flexibility index (Phi) is 8.91. The van der Waals surface area contributed by atoms with E-state index in [9.17, 15) is 24.3 Å². The average Bonchev–Trinajstić information content (AvgIpc) is 3.81. The SMILES string of the molecule is COCCCN1C(=O)C(C)(C)Oc2ccc(N(C(=O)[C@@H]3C[C@H](NC(=O)Cc4ccccc4)CN(C(=O)O)C3)C3CC3)cc21. The van der Waals surface area contributed by atoms with Crippen LogP contribution in [0, 0.1) is 5.92 Å². The first-order valence-corrected chi connectivity index (χ1v) is 14.9. The number of ether oxygens (including phenoxy) is 2. The largest absolute Gasteiger partial charge is 0.476 e. The Labute approximate surface area is 251 Å². The summed E-state index contributed by atoms with van der Waals surface area (Å²) in [5, 5.41) is 12.8. The molecule has 0 spiro atoms. The molecule has 230 valence electrons. The summed E-state index contributed by atoms with van der Waals surface area (Å²) in [6, 6.07) is 14.2. The Hall–Kier alpha value is -4.12. The maximum atomic E-state index is 14.2. The van der Waals surface area contributed by atoms with Crippen LogP contribution >= 0.6 is 0 Å². The molecule has 11 heteroatoms. The van der Waals surface area contributed by atoms with Crippen LogP contribution < -0.4 is 19.9 Å². The van der Waals surface area contributed by atoms with Crippen LogP contribution in [0.3, 0.4) is 0 Å². The number of hydrogen-bond donors (Lipinski definition) is 2. The normalized spacial score (nSPS) is 21.0. The van der Waals surface area contributed by atoms with Crippen LogP contribution in [-0.2, 0) is 25.5 Å². The molecule has 2 aliphatic heterocycles. The van der Waals surface area contributed by atoms with Crippen molar-refractivity contribution in [2.45, 2.75) is 63.6 Å². The van der Waals surface area contributed by atoms with E-state index in [1.807, 2.05) is 42.5 Å². The van der Waals surface area contributed by atoms with Gasteiger partial charge >= 0.3 is 6.09 Å². The highest BCUT2D eigenvalue weighted by Crippen LogP contribution is 2.43. The van der Waals surface area contributed by atoms with E-state index in [4.69, 9.17) is 9.47 Å². The maximum absolute atomic E-state index is 14.2. The highest BCUT2D eigenvalue weighted by molar-refractivity contribution is 6.04. The van der Waals surface area contributed by atoms with E-state index >= 15 is 0 Å². The van der Waals surface area contributed by atoms with E-state index in [1.165, 1.54) is 4.90 Å². The van der Waals surface area contributed by atoms with Gasteiger partial charge in [0.1, 0.15) is 5.75 Å². The molecule has 0 bridgehead atoms. The summed E-state index contributed by atoms with van der Waals surface area (Å²) >= 11 is 0. The molecule has 1 aliphatic carbocycles. The van der Waals surface area contributed by atoms with Gasteiger partial charge in [-0.3, -0.25) is 14.4 Å². The van der Waals surface area contributed by atoms with Crippen LogP contribution in [0.2, 0.25) is 0 Å². The minimum Gasteiger partial charge on any atom is -0.476 e. The Morgan fingerprint density at radius 1 is 1.12 bits per heavy atom. The second kappa shape index (κ2) is 12.6. The zero-order valence-electron chi connectivity index (χ0n) is 25.0. The second-order valence-electron chi connectivity index (χ2n) is 12.1. The van der Waals surface area contributed by atoms with Gasteiger partial charge in [0.15, 0.2) is 5.60 Å². The molecule has 5 rings (SSSR count). The fraction of sp³-hybridized carbons (Fsp3) is 0.500. The number of benzene rings is 2. The number of likely N-dealkylation sites (tertiary alicyclic amines) is 1. The summed E-state index contributed by atoms with van der Waals surface area (Å²) in [6.45, 7) is 4.58. The molecule has 0 aromatic heterocycles. The number of amides is 4. The van der Waals surface area contributed by atoms with Crippen molar-refractivity contribution >= 4 is 35.2 Å². The number of nitrogens with zero attached hydrogens (tertiary/aromatic N) is 3. The van der Waals surface area contributed by atoms with Crippen molar-refractivity contribution in [1.82, 2.24) is 10.2 Å². The molecule has 0 radical (unpaired) electrons. The Bertz CT molecular complexity index is 1360. The van der Waals surface area contributed by atoms with Gasteiger partial charge in [0.05, 0.1) is 18.0 Å². The lowest BCUT2D eigenvalue weighted by molar-refractivity contribution is -0.132. The van der Waals surface area contributed by atoms with E-state index in [1.54, 1.807) is 36.8 Å². The van der Waals surface area contributed by atoms with Gasteiger partial charge in [0.2, 0.25) is 11.8 Å². The molecule has 1 saturated carbocycles. The van der Waals surface area contributed by atoms with E-state index < -0.39 is 23.7 Å². The van der Waals surface area contributed by atoms with Gasteiger partial charge in [0.25, 0.3) is 5.91 Å². The summed E-state index contributed by atoms with van der Waals surface area (Å²) in [4.78, 5) is 57.0. The molecule has 2 atom stereocenters. The van der Waals surface area contributed by atoms with Crippen molar-refractivity contribution in [1.29, 1.82) is 0 Å². The molecule has 2 N–H and O–H groups in total. The van der Waals surface area contributed by atoms with E-state index in [-0.39, 0.29) is 43.3 Å². The molecule has 2 aromatic carbocycles. The van der Waals surface area contributed by atoms with Crippen molar-refractivity contribution in [3.05, 3.63) is 54.1 Å². The van der Waals surface area contributed by atoms with Crippen LogP contribution in [-0.4, -0.2) is 84.9 Å². The molecule has 3 aliphatic rings. The van der Waals surface area contributed by atoms with Crippen LogP contribution in [0.15, 0.2) is 48.5 Å². The highest BCUT2D eigenvalue weighted by Gasteiger charge is 2.44. The number of nitrogens with one attached hydrogen (secondary N) is 1. The minimum atomic E-state index is -1.13. The first kappa shape index (κ1) is 30.3. The van der Waals surface area contributed by atoms with Crippen LogP contribution in [0.1, 0.15) is 45.1 Å². The van der Waals surface area contributed by atoms with E-state index in [0.717, 1.165) is 18.4 Å². The molecule has 2 fully saturated rings.